The average Bonchev–Trinajstić information content (AvgIpc) is 3.01. The molecule has 3 nitrogen and oxygen atoms in total. The van der Waals surface area contributed by atoms with Crippen LogP contribution in [0.15, 0.2) is 30.3 Å². The molecule has 0 radical (unpaired) electrons. The second-order valence-electron chi connectivity index (χ2n) is 5.79. The fraction of sp³-hybridized carbons (Fsp3) is 0.647. The fourth-order valence-corrected chi connectivity index (χ4v) is 3.30. The Kier molecular flexibility index (Phi) is 6.51. The first-order valence-electron chi connectivity index (χ1n) is 7.97. The van der Waals surface area contributed by atoms with Crippen molar-refractivity contribution in [3.8, 4) is 0 Å². The second-order valence-corrected chi connectivity index (χ2v) is 5.79. The van der Waals surface area contributed by atoms with E-state index in [0.29, 0.717) is 6.61 Å². The first-order chi connectivity index (χ1) is 9.85. The molecule has 1 fully saturated rings. The Bertz CT molecular complexity index is 363. The zero-order valence-electron chi connectivity index (χ0n) is 12.6. The van der Waals surface area contributed by atoms with Gasteiger partial charge in [0, 0.05) is 6.61 Å². The Labute approximate surface area is 122 Å². The largest absolute Gasteiger partial charge is 0.372 e. The molecule has 0 aliphatic heterocycles. The number of nitrogens with two attached hydrogens (primary N) is 1. The lowest BCUT2D eigenvalue weighted by atomic mass is 9.93. The van der Waals surface area contributed by atoms with Crippen LogP contribution in [0.3, 0.4) is 0 Å². The smallest absolute Gasteiger partial charge is 0.0991 e. The number of hydrazine groups is 1. The van der Waals surface area contributed by atoms with Crippen molar-refractivity contribution in [3.63, 3.8) is 0 Å². The summed E-state index contributed by atoms with van der Waals surface area (Å²) in [6, 6.07) is 10.6. The second kappa shape index (κ2) is 8.40. The van der Waals surface area contributed by atoms with Crippen LogP contribution >= 0.6 is 0 Å². The molecular formula is C17H28N2O. The van der Waals surface area contributed by atoms with E-state index in [4.69, 9.17) is 10.6 Å². The number of nitrogens with one attached hydrogen (secondary N) is 1. The number of rotatable bonds is 8. The molecule has 1 aromatic rings. The van der Waals surface area contributed by atoms with Gasteiger partial charge in [0.05, 0.1) is 12.1 Å². The molecule has 0 amide bonds. The van der Waals surface area contributed by atoms with E-state index in [1.54, 1.807) is 0 Å². The molecule has 2 atom stereocenters. The van der Waals surface area contributed by atoms with Gasteiger partial charge in [-0.25, -0.2) is 0 Å². The van der Waals surface area contributed by atoms with Gasteiger partial charge in [-0.2, -0.15) is 0 Å². The van der Waals surface area contributed by atoms with Crippen LogP contribution in [-0.2, 0) is 4.74 Å². The highest BCUT2D eigenvalue weighted by Gasteiger charge is 2.24. The summed E-state index contributed by atoms with van der Waals surface area (Å²) in [5.74, 6) is 6.69. The highest BCUT2D eigenvalue weighted by Crippen LogP contribution is 2.31. The Balaban J connectivity index is 1.97. The highest BCUT2D eigenvalue weighted by atomic mass is 16.5. The van der Waals surface area contributed by atoms with Gasteiger partial charge in [-0.1, -0.05) is 56.0 Å². The first-order valence-corrected chi connectivity index (χ1v) is 7.97. The van der Waals surface area contributed by atoms with Gasteiger partial charge in [0.1, 0.15) is 0 Å². The zero-order valence-corrected chi connectivity index (χ0v) is 12.6. The summed E-state index contributed by atoms with van der Waals surface area (Å²) >= 11 is 0. The van der Waals surface area contributed by atoms with E-state index < -0.39 is 0 Å². The average molecular weight is 276 g/mol. The van der Waals surface area contributed by atoms with Crippen molar-refractivity contribution in [2.24, 2.45) is 11.8 Å². The lowest BCUT2D eigenvalue weighted by Gasteiger charge is -2.27. The maximum Gasteiger partial charge on any atom is 0.0991 e. The third-order valence-corrected chi connectivity index (χ3v) is 4.41. The summed E-state index contributed by atoms with van der Waals surface area (Å²) in [5.41, 5.74) is 4.20. The van der Waals surface area contributed by atoms with E-state index in [-0.39, 0.29) is 12.1 Å². The molecule has 3 heteroatoms. The first kappa shape index (κ1) is 15.5. The molecule has 20 heavy (non-hydrogen) atoms. The summed E-state index contributed by atoms with van der Waals surface area (Å²) in [6.45, 7) is 2.75. The molecule has 0 spiro atoms. The van der Waals surface area contributed by atoms with Crippen molar-refractivity contribution in [2.45, 2.75) is 57.6 Å². The lowest BCUT2D eigenvalue weighted by Crippen LogP contribution is -2.41. The van der Waals surface area contributed by atoms with Crippen LogP contribution in [-0.4, -0.2) is 12.6 Å². The molecule has 112 valence electrons. The van der Waals surface area contributed by atoms with Gasteiger partial charge in [0.2, 0.25) is 0 Å². The molecule has 1 aliphatic carbocycles. The van der Waals surface area contributed by atoms with Gasteiger partial charge in [-0.3, -0.25) is 11.3 Å². The van der Waals surface area contributed by atoms with Crippen molar-refractivity contribution in [1.82, 2.24) is 5.43 Å². The number of ether oxygens (including phenoxy) is 1. The summed E-state index contributed by atoms with van der Waals surface area (Å²) in [4.78, 5) is 0. The third kappa shape index (κ3) is 4.30. The van der Waals surface area contributed by atoms with Gasteiger partial charge in [0.15, 0.2) is 0 Å². The number of hydrogen-bond acceptors (Lipinski definition) is 3. The van der Waals surface area contributed by atoms with Crippen LogP contribution in [0.4, 0.5) is 0 Å². The van der Waals surface area contributed by atoms with Crippen LogP contribution in [0.1, 0.15) is 57.1 Å². The van der Waals surface area contributed by atoms with Crippen molar-refractivity contribution in [2.75, 3.05) is 6.61 Å². The standard InChI is InChI=1S/C17H28N2O/c1-2-20-17(15-10-4-3-5-11-15)16(19-18)13-12-14-8-6-7-9-14/h3-5,10-11,14,16-17,19H,2,6-9,12-13,18H2,1H3. The molecule has 3 N–H and O–H groups in total. The van der Waals surface area contributed by atoms with Crippen molar-refractivity contribution in [1.29, 1.82) is 0 Å². The van der Waals surface area contributed by atoms with Gasteiger partial charge in [-0.05, 0) is 31.2 Å². The van der Waals surface area contributed by atoms with E-state index in [0.717, 1.165) is 12.3 Å². The van der Waals surface area contributed by atoms with Crippen LogP contribution in [0, 0.1) is 5.92 Å². The molecule has 1 aromatic carbocycles. The molecule has 2 unspecified atom stereocenters. The predicted molar refractivity (Wildman–Crippen MR) is 83.1 cm³/mol. The van der Waals surface area contributed by atoms with Gasteiger partial charge in [0.25, 0.3) is 0 Å². The van der Waals surface area contributed by atoms with E-state index in [1.807, 2.05) is 13.0 Å². The van der Waals surface area contributed by atoms with Crippen LogP contribution in [0.25, 0.3) is 0 Å². The molecule has 1 aliphatic rings. The Morgan fingerprint density at radius 2 is 1.95 bits per heavy atom. The molecule has 0 saturated heterocycles. The normalized spacial score (nSPS) is 19.1. The molecule has 2 rings (SSSR count). The van der Waals surface area contributed by atoms with Crippen LogP contribution < -0.4 is 11.3 Å². The minimum absolute atomic E-state index is 0.0487. The highest BCUT2D eigenvalue weighted by molar-refractivity contribution is 5.19. The quantitative estimate of drug-likeness (QED) is 0.563. The Morgan fingerprint density at radius 3 is 2.55 bits per heavy atom. The van der Waals surface area contributed by atoms with E-state index in [2.05, 4.69) is 29.7 Å². The third-order valence-electron chi connectivity index (χ3n) is 4.41. The Morgan fingerprint density at radius 1 is 1.25 bits per heavy atom. The summed E-state index contributed by atoms with van der Waals surface area (Å²) in [7, 11) is 0. The monoisotopic (exact) mass is 276 g/mol. The number of benzene rings is 1. The molecule has 0 bridgehead atoms. The van der Waals surface area contributed by atoms with E-state index >= 15 is 0 Å². The zero-order chi connectivity index (χ0) is 14.2. The molecular weight excluding hydrogens is 248 g/mol. The minimum Gasteiger partial charge on any atom is -0.372 e. The maximum atomic E-state index is 5.95. The molecule has 0 aromatic heterocycles. The molecule has 0 heterocycles. The van der Waals surface area contributed by atoms with Crippen molar-refractivity contribution in [3.05, 3.63) is 35.9 Å². The summed E-state index contributed by atoms with van der Waals surface area (Å²) in [6.07, 6.45) is 7.97. The number of hydrogen-bond donors (Lipinski definition) is 2. The fourth-order valence-electron chi connectivity index (χ4n) is 3.30. The Hall–Kier alpha value is -0.900. The van der Waals surface area contributed by atoms with Gasteiger partial charge >= 0.3 is 0 Å². The summed E-state index contributed by atoms with van der Waals surface area (Å²) in [5, 5.41) is 0. The van der Waals surface area contributed by atoms with Crippen molar-refractivity contribution >= 4 is 0 Å². The minimum atomic E-state index is 0.0487. The van der Waals surface area contributed by atoms with Crippen LogP contribution in [0.5, 0.6) is 0 Å². The SMILES string of the molecule is CCOC(c1ccccc1)C(CCC1CCCC1)NN. The van der Waals surface area contributed by atoms with Crippen molar-refractivity contribution < 1.29 is 4.74 Å². The predicted octanol–water partition coefficient (Wildman–Crippen LogP) is 3.57. The maximum absolute atomic E-state index is 5.95. The lowest BCUT2D eigenvalue weighted by molar-refractivity contribution is 0.0292. The summed E-state index contributed by atoms with van der Waals surface area (Å²) < 4.78 is 5.95. The van der Waals surface area contributed by atoms with E-state index in [1.165, 1.54) is 37.7 Å². The van der Waals surface area contributed by atoms with Gasteiger partial charge in [-0.15, -0.1) is 0 Å². The van der Waals surface area contributed by atoms with Crippen LogP contribution in [0.2, 0.25) is 0 Å². The van der Waals surface area contributed by atoms with E-state index in [9.17, 15) is 0 Å². The molecule has 1 saturated carbocycles. The van der Waals surface area contributed by atoms with Gasteiger partial charge < -0.3 is 4.74 Å². The topological polar surface area (TPSA) is 47.3 Å².